The van der Waals surface area contributed by atoms with Gasteiger partial charge in [-0.2, -0.15) is 0 Å². The maximum absolute atomic E-state index is 12.8. The van der Waals surface area contributed by atoms with E-state index in [1.807, 2.05) is 29.2 Å². The number of nitrogens with two attached hydrogens (primary N) is 1. The van der Waals surface area contributed by atoms with Crippen molar-refractivity contribution in [3.05, 3.63) is 35.4 Å². The highest BCUT2D eigenvalue weighted by Gasteiger charge is 2.33. The molecule has 0 aromatic heterocycles. The summed E-state index contributed by atoms with van der Waals surface area (Å²) in [6.07, 6.45) is 0.749. The van der Waals surface area contributed by atoms with E-state index in [0.717, 1.165) is 37.2 Å². The molecule has 0 saturated carbocycles. The molecule has 1 saturated heterocycles. The van der Waals surface area contributed by atoms with Crippen LogP contribution in [0.5, 0.6) is 0 Å². The van der Waals surface area contributed by atoms with Crippen molar-refractivity contribution in [3.63, 3.8) is 0 Å². The van der Waals surface area contributed by atoms with Gasteiger partial charge in [0.1, 0.15) is 0 Å². The van der Waals surface area contributed by atoms with Crippen LogP contribution in [-0.2, 0) is 6.42 Å². The molecule has 1 aliphatic heterocycles. The molecule has 1 aliphatic rings. The average molecular weight is 275 g/mol. The second-order valence-corrected chi connectivity index (χ2v) is 6.16. The van der Waals surface area contributed by atoms with Crippen molar-refractivity contribution < 1.29 is 4.79 Å². The summed E-state index contributed by atoms with van der Waals surface area (Å²) in [7, 11) is 2.12. The van der Waals surface area contributed by atoms with Crippen LogP contribution in [0.2, 0.25) is 0 Å². The molecule has 0 bridgehead atoms. The lowest BCUT2D eigenvalue weighted by Gasteiger charge is -2.45. The summed E-state index contributed by atoms with van der Waals surface area (Å²) in [5.74, 6) is 0.134. The van der Waals surface area contributed by atoms with E-state index in [9.17, 15) is 4.79 Å². The molecular weight excluding hydrogens is 250 g/mol. The van der Waals surface area contributed by atoms with Gasteiger partial charge >= 0.3 is 0 Å². The molecular formula is C16H25N3O. The quantitative estimate of drug-likeness (QED) is 0.906. The van der Waals surface area contributed by atoms with Gasteiger partial charge in [0.25, 0.3) is 5.91 Å². The van der Waals surface area contributed by atoms with E-state index in [1.165, 1.54) is 0 Å². The van der Waals surface area contributed by atoms with Gasteiger partial charge in [-0.25, -0.2) is 0 Å². The van der Waals surface area contributed by atoms with E-state index in [-0.39, 0.29) is 11.4 Å². The molecule has 0 radical (unpaired) electrons. The summed E-state index contributed by atoms with van der Waals surface area (Å²) >= 11 is 0. The minimum absolute atomic E-state index is 0.0245. The summed E-state index contributed by atoms with van der Waals surface area (Å²) in [4.78, 5) is 17.0. The van der Waals surface area contributed by atoms with Crippen LogP contribution < -0.4 is 5.73 Å². The highest BCUT2D eigenvalue weighted by atomic mass is 16.2. The minimum atomic E-state index is 0.0245. The van der Waals surface area contributed by atoms with E-state index in [2.05, 4.69) is 25.8 Å². The summed E-state index contributed by atoms with van der Waals surface area (Å²) in [5.41, 5.74) is 7.52. The molecule has 2 rings (SSSR count). The van der Waals surface area contributed by atoms with Gasteiger partial charge in [-0.3, -0.25) is 9.69 Å². The number of hydrogen-bond donors (Lipinski definition) is 1. The van der Waals surface area contributed by atoms with E-state index < -0.39 is 0 Å². The largest absolute Gasteiger partial charge is 0.336 e. The van der Waals surface area contributed by atoms with Crippen LogP contribution in [-0.4, -0.2) is 54.5 Å². The Labute approximate surface area is 121 Å². The zero-order valence-corrected chi connectivity index (χ0v) is 12.7. The smallest absolute Gasteiger partial charge is 0.254 e. The number of rotatable bonds is 3. The van der Waals surface area contributed by atoms with Crippen LogP contribution in [0.15, 0.2) is 24.3 Å². The fraction of sp³-hybridized carbons (Fsp3) is 0.562. The Bertz CT molecular complexity index is 484. The van der Waals surface area contributed by atoms with Gasteiger partial charge in [0.05, 0.1) is 0 Å². The number of hydrogen-bond acceptors (Lipinski definition) is 3. The second-order valence-electron chi connectivity index (χ2n) is 6.16. The van der Waals surface area contributed by atoms with Crippen molar-refractivity contribution in [1.29, 1.82) is 0 Å². The fourth-order valence-corrected chi connectivity index (χ4v) is 2.69. The van der Waals surface area contributed by atoms with E-state index >= 15 is 0 Å². The lowest BCUT2D eigenvalue weighted by atomic mass is 9.97. The fourth-order valence-electron chi connectivity index (χ4n) is 2.69. The number of carbonyl (C=O) groups is 1. The van der Waals surface area contributed by atoms with Gasteiger partial charge in [0.15, 0.2) is 0 Å². The Morgan fingerprint density at radius 1 is 1.30 bits per heavy atom. The predicted molar refractivity (Wildman–Crippen MR) is 81.8 cm³/mol. The van der Waals surface area contributed by atoms with Gasteiger partial charge in [-0.1, -0.05) is 18.2 Å². The zero-order valence-electron chi connectivity index (χ0n) is 12.7. The normalized spacial score (nSPS) is 19.1. The summed E-state index contributed by atoms with van der Waals surface area (Å²) in [5, 5.41) is 0. The Hall–Kier alpha value is -1.39. The molecule has 1 aromatic rings. The van der Waals surface area contributed by atoms with Crippen LogP contribution in [0, 0.1) is 0 Å². The van der Waals surface area contributed by atoms with Crippen molar-refractivity contribution >= 4 is 5.91 Å². The molecule has 1 heterocycles. The van der Waals surface area contributed by atoms with Gasteiger partial charge in [0, 0.05) is 30.7 Å². The number of benzene rings is 1. The Kier molecular flexibility index (Phi) is 4.45. The zero-order chi connectivity index (χ0) is 14.8. The number of amides is 1. The Morgan fingerprint density at radius 3 is 2.65 bits per heavy atom. The van der Waals surface area contributed by atoms with Crippen molar-refractivity contribution in [2.45, 2.75) is 25.8 Å². The molecule has 0 aliphatic carbocycles. The van der Waals surface area contributed by atoms with Gasteiger partial charge in [0.2, 0.25) is 0 Å². The summed E-state index contributed by atoms with van der Waals surface area (Å²) in [6, 6.07) is 7.81. The first-order valence-corrected chi connectivity index (χ1v) is 7.24. The number of nitrogens with zero attached hydrogens (tertiary/aromatic N) is 2. The molecule has 1 aromatic carbocycles. The lowest BCUT2D eigenvalue weighted by molar-refractivity contribution is 0.0310. The molecule has 0 unspecified atom stereocenters. The van der Waals surface area contributed by atoms with E-state index in [0.29, 0.717) is 6.54 Å². The third-order valence-electron chi connectivity index (χ3n) is 4.27. The first kappa shape index (κ1) is 15.0. The molecule has 110 valence electrons. The SMILES string of the molecule is CN1CCN(C(=O)c2ccccc2CCN)CC1(C)C. The highest BCUT2D eigenvalue weighted by Crippen LogP contribution is 2.21. The molecule has 2 N–H and O–H groups in total. The van der Waals surface area contributed by atoms with Gasteiger partial charge < -0.3 is 10.6 Å². The summed E-state index contributed by atoms with van der Waals surface area (Å²) in [6.45, 7) is 7.39. The van der Waals surface area contributed by atoms with Gasteiger partial charge in [-0.15, -0.1) is 0 Å². The third kappa shape index (κ3) is 3.02. The summed E-state index contributed by atoms with van der Waals surface area (Å²) < 4.78 is 0. The predicted octanol–water partition coefficient (Wildman–Crippen LogP) is 1.35. The molecule has 0 atom stereocenters. The monoisotopic (exact) mass is 275 g/mol. The Balaban J connectivity index is 2.20. The third-order valence-corrected chi connectivity index (χ3v) is 4.27. The van der Waals surface area contributed by atoms with Gasteiger partial charge in [-0.05, 0) is 45.5 Å². The molecule has 4 nitrogen and oxygen atoms in total. The Morgan fingerprint density at radius 2 is 2.00 bits per heavy atom. The van der Waals surface area contributed by atoms with E-state index in [1.54, 1.807) is 0 Å². The first-order chi connectivity index (χ1) is 9.45. The maximum Gasteiger partial charge on any atom is 0.254 e. The van der Waals surface area contributed by atoms with Crippen molar-refractivity contribution in [3.8, 4) is 0 Å². The standard InChI is InChI=1S/C16H25N3O/c1-16(2)12-19(11-10-18(16)3)15(20)14-7-5-4-6-13(14)8-9-17/h4-7H,8-12,17H2,1-3H3. The van der Waals surface area contributed by atoms with Crippen LogP contribution >= 0.6 is 0 Å². The topological polar surface area (TPSA) is 49.6 Å². The molecule has 0 spiro atoms. The van der Waals surface area contributed by atoms with Crippen molar-refractivity contribution in [1.82, 2.24) is 9.80 Å². The van der Waals surface area contributed by atoms with Crippen LogP contribution in [0.3, 0.4) is 0 Å². The van der Waals surface area contributed by atoms with E-state index in [4.69, 9.17) is 5.73 Å². The first-order valence-electron chi connectivity index (χ1n) is 7.24. The number of carbonyl (C=O) groups excluding carboxylic acids is 1. The molecule has 1 amide bonds. The van der Waals surface area contributed by atoms with Crippen molar-refractivity contribution in [2.75, 3.05) is 33.2 Å². The molecule has 20 heavy (non-hydrogen) atoms. The number of likely N-dealkylation sites (N-methyl/N-ethyl adjacent to an activating group) is 1. The molecule has 4 heteroatoms. The molecule has 1 fully saturated rings. The second kappa shape index (κ2) is 5.94. The van der Waals surface area contributed by atoms with Crippen LogP contribution in [0.1, 0.15) is 29.8 Å². The van der Waals surface area contributed by atoms with Crippen LogP contribution in [0.25, 0.3) is 0 Å². The lowest BCUT2D eigenvalue weighted by Crippen LogP contribution is -2.58. The number of piperazine rings is 1. The van der Waals surface area contributed by atoms with Crippen LogP contribution in [0.4, 0.5) is 0 Å². The van der Waals surface area contributed by atoms with Crippen molar-refractivity contribution in [2.24, 2.45) is 5.73 Å². The minimum Gasteiger partial charge on any atom is -0.336 e. The average Bonchev–Trinajstić information content (AvgIpc) is 2.42. The highest BCUT2D eigenvalue weighted by molar-refractivity contribution is 5.95. The maximum atomic E-state index is 12.8.